The van der Waals surface area contributed by atoms with Crippen LogP contribution in [0.4, 0.5) is 0 Å². The van der Waals surface area contributed by atoms with Crippen LogP contribution < -0.4 is 10.1 Å². The van der Waals surface area contributed by atoms with Crippen molar-refractivity contribution in [3.05, 3.63) is 29.8 Å². The topological polar surface area (TPSA) is 38.3 Å². The minimum atomic E-state index is -0.316. The van der Waals surface area contributed by atoms with Gasteiger partial charge in [0, 0.05) is 12.0 Å². The van der Waals surface area contributed by atoms with Gasteiger partial charge in [0.2, 0.25) is 5.91 Å². The summed E-state index contributed by atoms with van der Waals surface area (Å²) in [4.78, 5) is 11.7. The SMILES string of the molecule is CCOc1ccccc1CCCNC(=O)C(C)(C)C. The average molecular weight is 263 g/mol. The van der Waals surface area contributed by atoms with Gasteiger partial charge in [0.05, 0.1) is 6.61 Å². The second-order valence-corrected chi connectivity index (χ2v) is 5.65. The van der Waals surface area contributed by atoms with Crippen molar-refractivity contribution < 1.29 is 9.53 Å². The summed E-state index contributed by atoms with van der Waals surface area (Å²) in [5.41, 5.74) is 0.887. The van der Waals surface area contributed by atoms with E-state index in [0.717, 1.165) is 18.6 Å². The van der Waals surface area contributed by atoms with Crippen molar-refractivity contribution in [2.45, 2.75) is 40.5 Å². The summed E-state index contributed by atoms with van der Waals surface area (Å²) < 4.78 is 5.58. The van der Waals surface area contributed by atoms with Crippen LogP contribution in [0.5, 0.6) is 5.75 Å². The van der Waals surface area contributed by atoms with Gasteiger partial charge in [0.15, 0.2) is 0 Å². The van der Waals surface area contributed by atoms with Crippen LogP contribution in [0.15, 0.2) is 24.3 Å². The van der Waals surface area contributed by atoms with Crippen LogP contribution in [0.25, 0.3) is 0 Å². The summed E-state index contributed by atoms with van der Waals surface area (Å²) in [6.07, 6.45) is 1.84. The maximum Gasteiger partial charge on any atom is 0.225 e. The molecule has 1 aromatic carbocycles. The first-order valence-corrected chi connectivity index (χ1v) is 6.94. The number of nitrogens with one attached hydrogen (secondary N) is 1. The molecule has 0 aliphatic heterocycles. The van der Waals surface area contributed by atoms with Crippen LogP contribution in [0.3, 0.4) is 0 Å². The molecule has 0 radical (unpaired) electrons. The molecule has 0 spiro atoms. The minimum Gasteiger partial charge on any atom is -0.494 e. The number of hydrogen-bond donors (Lipinski definition) is 1. The van der Waals surface area contributed by atoms with Crippen molar-refractivity contribution in [2.24, 2.45) is 5.41 Å². The van der Waals surface area contributed by atoms with Gasteiger partial charge in [-0.2, -0.15) is 0 Å². The Bertz CT molecular complexity index is 407. The third-order valence-electron chi connectivity index (χ3n) is 2.86. The van der Waals surface area contributed by atoms with E-state index in [1.165, 1.54) is 5.56 Å². The average Bonchev–Trinajstić information content (AvgIpc) is 2.35. The Labute approximate surface area is 116 Å². The van der Waals surface area contributed by atoms with Gasteiger partial charge in [-0.3, -0.25) is 4.79 Å². The van der Waals surface area contributed by atoms with Gasteiger partial charge in [-0.1, -0.05) is 39.0 Å². The van der Waals surface area contributed by atoms with Crippen LogP contribution in [0, 0.1) is 5.41 Å². The Morgan fingerprint density at radius 2 is 1.95 bits per heavy atom. The van der Waals surface area contributed by atoms with Crippen molar-refractivity contribution in [1.82, 2.24) is 5.32 Å². The predicted molar refractivity (Wildman–Crippen MR) is 78.4 cm³/mol. The highest BCUT2D eigenvalue weighted by Crippen LogP contribution is 2.19. The fourth-order valence-electron chi connectivity index (χ4n) is 1.75. The van der Waals surface area contributed by atoms with Gasteiger partial charge < -0.3 is 10.1 Å². The summed E-state index contributed by atoms with van der Waals surface area (Å²) in [5.74, 6) is 1.05. The molecule has 0 atom stereocenters. The molecule has 0 saturated heterocycles. The molecule has 0 unspecified atom stereocenters. The highest BCUT2D eigenvalue weighted by molar-refractivity contribution is 5.81. The largest absolute Gasteiger partial charge is 0.494 e. The quantitative estimate of drug-likeness (QED) is 0.801. The van der Waals surface area contributed by atoms with Gasteiger partial charge in [-0.05, 0) is 31.4 Å². The van der Waals surface area contributed by atoms with Gasteiger partial charge in [-0.15, -0.1) is 0 Å². The lowest BCUT2D eigenvalue weighted by atomic mass is 9.95. The highest BCUT2D eigenvalue weighted by Gasteiger charge is 2.20. The van der Waals surface area contributed by atoms with E-state index in [2.05, 4.69) is 11.4 Å². The third-order valence-corrected chi connectivity index (χ3v) is 2.86. The number of carbonyl (C=O) groups is 1. The van der Waals surface area contributed by atoms with E-state index < -0.39 is 0 Å². The molecule has 3 nitrogen and oxygen atoms in total. The molecule has 106 valence electrons. The Morgan fingerprint density at radius 1 is 1.26 bits per heavy atom. The van der Waals surface area contributed by atoms with Crippen LogP contribution in [-0.2, 0) is 11.2 Å². The number of carbonyl (C=O) groups excluding carboxylic acids is 1. The molecule has 0 aliphatic rings. The standard InChI is InChI=1S/C16H25NO2/c1-5-19-14-11-7-6-9-13(14)10-8-12-17-15(18)16(2,3)4/h6-7,9,11H,5,8,10,12H2,1-4H3,(H,17,18). The molecule has 0 fully saturated rings. The normalized spacial score (nSPS) is 11.2. The lowest BCUT2D eigenvalue weighted by Crippen LogP contribution is -2.35. The molecular weight excluding hydrogens is 238 g/mol. The second-order valence-electron chi connectivity index (χ2n) is 5.65. The number of amides is 1. The molecular formula is C16H25NO2. The fourth-order valence-corrected chi connectivity index (χ4v) is 1.75. The van der Waals surface area contributed by atoms with Crippen molar-refractivity contribution in [3.8, 4) is 5.75 Å². The van der Waals surface area contributed by atoms with E-state index >= 15 is 0 Å². The summed E-state index contributed by atoms with van der Waals surface area (Å²) in [6.45, 7) is 9.14. The van der Waals surface area contributed by atoms with Crippen LogP contribution in [0.1, 0.15) is 39.7 Å². The monoisotopic (exact) mass is 263 g/mol. The van der Waals surface area contributed by atoms with E-state index in [1.54, 1.807) is 0 Å². The van der Waals surface area contributed by atoms with Gasteiger partial charge >= 0.3 is 0 Å². The molecule has 3 heteroatoms. The van der Waals surface area contributed by atoms with Crippen molar-refractivity contribution >= 4 is 5.91 Å². The molecule has 1 amide bonds. The van der Waals surface area contributed by atoms with Crippen molar-refractivity contribution in [2.75, 3.05) is 13.2 Å². The molecule has 0 heterocycles. The fraction of sp³-hybridized carbons (Fsp3) is 0.562. The first-order chi connectivity index (χ1) is 8.95. The third kappa shape index (κ3) is 5.33. The number of benzene rings is 1. The first-order valence-electron chi connectivity index (χ1n) is 6.94. The molecule has 1 aromatic rings. The lowest BCUT2D eigenvalue weighted by molar-refractivity contribution is -0.128. The maximum absolute atomic E-state index is 11.7. The predicted octanol–water partition coefficient (Wildman–Crippen LogP) is 3.18. The molecule has 1 N–H and O–H groups in total. The minimum absolute atomic E-state index is 0.102. The Morgan fingerprint density at radius 3 is 2.58 bits per heavy atom. The van der Waals surface area contributed by atoms with E-state index in [0.29, 0.717) is 13.2 Å². The summed E-state index contributed by atoms with van der Waals surface area (Å²) in [5, 5.41) is 2.96. The Hall–Kier alpha value is -1.51. The zero-order valence-electron chi connectivity index (χ0n) is 12.5. The van der Waals surface area contributed by atoms with Crippen LogP contribution in [0.2, 0.25) is 0 Å². The zero-order valence-corrected chi connectivity index (χ0v) is 12.5. The number of rotatable bonds is 6. The maximum atomic E-state index is 11.7. The summed E-state index contributed by atoms with van der Waals surface area (Å²) >= 11 is 0. The second kappa shape index (κ2) is 7.17. The van der Waals surface area contributed by atoms with Crippen molar-refractivity contribution in [3.63, 3.8) is 0 Å². The van der Waals surface area contributed by atoms with E-state index in [9.17, 15) is 4.79 Å². The molecule has 19 heavy (non-hydrogen) atoms. The molecule has 0 saturated carbocycles. The van der Waals surface area contributed by atoms with Crippen molar-refractivity contribution in [1.29, 1.82) is 0 Å². The highest BCUT2D eigenvalue weighted by atomic mass is 16.5. The Balaban J connectivity index is 2.39. The Kier molecular flexibility index (Phi) is 5.87. The molecule has 1 rings (SSSR count). The van der Waals surface area contributed by atoms with Gasteiger partial charge in [-0.25, -0.2) is 0 Å². The van der Waals surface area contributed by atoms with E-state index in [1.807, 2.05) is 45.9 Å². The zero-order chi connectivity index (χ0) is 14.3. The van der Waals surface area contributed by atoms with Crippen LogP contribution >= 0.6 is 0 Å². The van der Waals surface area contributed by atoms with E-state index in [-0.39, 0.29) is 11.3 Å². The number of aryl methyl sites for hydroxylation is 1. The number of hydrogen-bond acceptors (Lipinski definition) is 2. The number of ether oxygens (including phenoxy) is 1. The smallest absolute Gasteiger partial charge is 0.225 e. The first kappa shape index (κ1) is 15.5. The number of para-hydroxylation sites is 1. The molecule has 0 aliphatic carbocycles. The van der Waals surface area contributed by atoms with Gasteiger partial charge in [0.25, 0.3) is 0 Å². The lowest BCUT2D eigenvalue weighted by Gasteiger charge is -2.17. The van der Waals surface area contributed by atoms with E-state index in [4.69, 9.17) is 4.74 Å². The molecule has 0 aromatic heterocycles. The van der Waals surface area contributed by atoms with Crippen LogP contribution in [-0.4, -0.2) is 19.1 Å². The van der Waals surface area contributed by atoms with Gasteiger partial charge in [0.1, 0.15) is 5.75 Å². The summed E-state index contributed by atoms with van der Waals surface area (Å²) in [7, 11) is 0. The summed E-state index contributed by atoms with van der Waals surface area (Å²) in [6, 6.07) is 8.07. The molecule has 0 bridgehead atoms.